The van der Waals surface area contributed by atoms with Crippen molar-refractivity contribution in [3.8, 4) is 0 Å². The van der Waals surface area contributed by atoms with Crippen LogP contribution in [0.5, 0.6) is 0 Å². The minimum absolute atomic E-state index is 0.0659. The van der Waals surface area contributed by atoms with Gasteiger partial charge in [0.05, 0.1) is 23.6 Å². The lowest BCUT2D eigenvalue weighted by atomic mass is 10.3. The highest BCUT2D eigenvalue weighted by Gasteiger charge is 2.17. The Morgan fingerprint density at radius 3 is 2.84 bits per heavy atom. The van der Waals surface area contributed by atoms with Crippen LogP contribution in [0.25, 0.3) is 11.0 Å². The van der Waals surface area contributed by atoms with Gasteiger partial charge in [-0.3, -0.25) is 4.79 Å². The van der Waals surface area contributed by atoms with Gasteiger partial charge in [-0.2, -0.15) is 0 Å². The minimum atomic E-state index is -0.142. The maximum absolute atomic E-state index is 11.2. The van der Waals surface area contributed by atoms with Crippen LogP contribution in [-0.2, 0) is 11.3 Å². The summed E-state index contributed by atoms with van der Waals surface area (Å²) in [5, 5.41) is 2.87. The second-order valence-corrected chi connectivity index (χ2v) is 5.61. The summed E-state index contributed by atoms with van der Waals surface area (Å²) in [6.45, 7) is 7.94. The second kappa shape index (κ2) is 5.57. The Kier molecular flexibility index (Phi) is 4.04. The van der Waals surface area contributed by atoms with E-state index in [2.05, 4.69) is 37.4 Å². The molecule has 0 saturated heterocycles. The fraction of sp³-hybridized carbons (Fsp3) is 0.286. The molecule has 0 aliphatic heterocycles. The van der Waals surface area contributed by atoms with Crippen molar-refractivity contribution in [1.29, 1.82) is 0 Å². The van der Waals surface area contributed by atoms with E-state index in [0.29, 0.717) is 6.54 Å². The number of benzene rings is 1. The Morgan fingerprint density at radius 1 is 1.53 bits per heavy atom. The van der Waals surface area contributed by atoms with Crippen molar-refractivity contribution in [2.24, 2.45) is 0 Å². The molecule has 19 heavy (non-hydrogen) atoms. The van der Waals surface area contributed by atoms with Gasteiger partial charge in [-0.15, -0.1) is 0 Å². The Hall–Kier alpha value is -1.62. The van der Waals surface area contributed by atoms with Crippen LogP contribution in [0.3, 0.4) is 0 Å². The van der Waals surface area contributed by atoms with Crippen molar-refractivity contribution >= 4 is 32.9 Å². The van der Waals surface area contributed by atoms with Crippen LogP contribution in [0.4, 0.5) is 0 Å². The molecule has 100 valence electrons. The molecule has 0 spiro atoms. The van der Waals surface area contributed by atoms with Crippen LogP contribution < -0.4 is 5.32 Å². The molecule has 1 N–H and O–H groups in total. The molecule has 1 aromatic carbocycles. The molecule has 1 unspecified atom stereocenters. The number of nitrogens with zero attached hydrogens (tertiary/aromatic N) is 2. The third kappa shape index (κ3) is 3.04. The van der Waals surface area contributed by atoms with E-state index in [-0.39, 0.29) is 11.9 Å². The van der Waals surface area contributed by atoms with Gasteiger partial charge >= 0.3 is 0 Å². The van der Waals surface area contributed by atoms with Gasteiger partial charge in [-0.05, 0) is 19.1 Å². The van der Waals surface area contributed by atoms with Gasteiger partial charge in [-0.1, -0.05) is 34.6 Å². The normalized spacial score (nSPS) is 12.4. The van der Waals surface area contributed by atoms with Crippen molar-refractivity contribution in [3.63, 3.8) is 0 Å². The molecule has 2 aromatic rings. The summed E-state index contributed by atoms with van der Waals surface area (Å²) in [6, 6.07) is 7.77. The third-order valence-electron chi connectivity index (χ3n) is 2.82. The fourth-order valence-electron chi connectivity index (χ4n) is 2.13. The number of para-hydroxylation sites is 2. The molecule has 1 aromatic heterocycles. The Bertz CT molecular complexity index is 633. The molecule has 1 atom stereocenters. The maximum Gasteiger partial charge on any atom is 0.217 e. The molecule has 0 bridgehead atoms. The van der Waals surface area contributed by atoms with Gasteiger partial charge in [0.15, 0.2) is 0 Å². The number of halogens is 1. The fourth-order valence-corrected chi connectivity index (χ4v) is 2.38. The van der Waals surface area contributed by atoms with Crippen LogP contribution in [0.1, 0.15) is 25.7 Å². The number of nitrogens with one attached hydrogen (secondary N) is 1. The van der Waals surface area contributed by atoms with Crippen LogP contribution in [-0.4, -0.2) is 15.5 Å². The van der Waals surface area contributed by atoms with Crippen molar-refractivity contribution in [2.45, 2.75) is 26.4 Å². The largest absolute Gasteiger partial charge is 0.347 e. The van der Waals surface area contributed by atoms with Gasteiger partial charge < -0.3 is 9.88 Å². The topological polar surface area (TPSA) is 46.9 Å². The number of allylic oxidation sites excluding steroid dienone is 1. The first kappa shape index (κ1) is 13.8. The summed E-state index contributed by atoms with van der Waals surface area (Å²) in [7, 11) is 0. The van der Waals surface area contributed by atoms with E-state index in [1.54, 1.807) is 0 Å². The van der Waals surface area contributed by atoms with Gasteiger partial charge in [-0.25, -0.2) is 4.98 Å². The average molecular weight is 322 g/mol. The highest BCUT2D eigenvalue weighted by molar-refractivity contribution is 9.11. The number of rotatable bonds is 4. The van der Waals surface area contributed by atoms with Crippen molar-refractivity contribution in [1.82, 2.24) is 14.9 Å². The zero-order valence-electron chi connectivity index (χ0n) is 11.0. The van der Waals surface area contributed by atoms with E-state index < -0.39 is 0 Å². The number of carbonyl (C=O) groups excluding carboxylic acids is 1. The summed E-state index contributed by atoms with van der Waals surface area (Å²) >= 11 is 3.39. The lowest BCUT2D eigenvalue weighted by Gasteiger charge is -2.15. The van der Waals surface area contributed by atoms with E-state index in [0.717, 1.165) is 21.3 Å². The SMILES string of the molecule is C=C(Br)Cn1c(C(C)NC(C)=O)nc2ccccc21. The Balaban J connectivity index is 2.51. The summed E-state index contributed by atoms with van der Waals surface area (Å²) in [5.74, 6) is 0.765. The molecule has 0 saturated carbocycles. The predicted octanol–water partition coefficient (Wildman–Crippen LogP) is 3.14. The Morgan fingerprint density at radius 2 is 2.21 bits per heavy atom. The standard InChI is InChI=1S/C14H16BrN3O/c1-9(15)8-18-13-7-5-4-6-12(13)17-14(18)10(2)16-11(3)19/h4-7,10H,1,8H2,2-3H3,(H,16,19). The summed E-state index contributed by atoms with van der Waals surface area (Å²) in [5.41, 5.74) is 1.96. The molecule has 2 rings (SSSR count). The van der Waals surface area contributed by atoms with Crippen molar-refractivity contribution < 1.29 is 4.79 Å². The van der Waals surface area contributed by atoms with Gasteiger partial charge in [0.1, 0.15) is 5.82 Å². The van der Waals surface area contributed by atoms with E-state index in [9.17, 15) is 4.79 Å². The Labute approximate surface area is 120 Å². The second-order valence-electron chi connectivity index (χ2n) is 4.48. The van der Waals surface area contributed by atoms with Crippen LogP contribution >= 0.6 is 15.9 Å². The quantitative estimate of drug-likeness (QED) is 0.940. The number of imidazole rings is 1. The highest BCUT2D eigenvalue weighted by Crippen LogP contribution is 2.22. The first-order chi connectivity index (χ1) is 8.99. The first-order valence-electron chi connectivity index (χ1n) is 6.04. The lowest BCUT2D eigenvalue weighted by Crippen LogP contribution is -2.26. The maximum atomic E-state index is 11.2. The summed E-state index contributed by atoms with van der Waals surface area (Å²) in [4.78, 5) is 15.8. The summed E-state index contributed by atoms with van der Waals surface area (Å²) in [6.07, 6.45) is 0. The van der Waals surface area contributed by atoms with E-state index in [4.69, 9.17) is 0 Å². The molecule has 0 radical (unpaired) electrons. The minimum Gasteiger partial charge on any atom is -0.347 e. The third-order valence-corrected chi connectivity index (χ3v) is 3.07. The zero-order chi connectivity index (χ0) is 14.0. The van der Waals surface area contributed by atoms with E-state index in [1.807, 2.05) is 31.2 Å². The van der Waals surface area contributed by atoms with Crippen LogP contribution in [0.15, 0.2) is 35.3 Å². The lowest BCUT2D eigenvalue weighted by molar-refractivity contribution is -0.119. The van der Waals surface area contributed by atoms with Crippen LogP contribution in [0.2, 0.25) is 0 Å². The average Bonchev–Trinajstić information content (AvgIpc) is 2.67. The molecule has 0 aliphatic carbocycles. The van der Waals surface area contributed by atoms with Crippen molar-refractivity contribution in [2.75, 3.05) is 0 Å². The molecular weight excluding hydrogens is 306 g/mol. The molecular formula is C14H16BrN3O. The molecule has 1 heterocycles. The van der Waals surface area contributed by atoms with Gasteiger partial charge in [0.2, 0.25) is 5.91 Å². The van der Waals surface area contributed by atoms with Gasteiger partial charge in [0, 0.05) is 11.4 Å². The molecule has 4 nitrogen and oxygen atoms in total. The first-order valence-corrected chi connectivity index (χ1v) is 6.84. The number of hydrogen-bond donors (Lipinski definition) is 1. The van der Waals surface area contributed by atoms with Crippen molar-refractivity contribution in [3.05, 3.63) is 41.2 Å². The van der Waals surface area contributed by atoms with E-state index >= 15 is 0 Å². The number of hydrogen-bond acceptors (Lipinski definition) is 2. The predicted molar refractivity (Wildman–Crippen MR) is 80.0 cm³/mol. The summed E-state index contributed by atoms with van der Waals surface area (Å²) < 4.78 is 2.93. The molecule has 0 fully saturated rings. The molecule has 0 aliphatic rings. The van der Waals surface area contributed by atoms with Crippen LogP contribution in [0, 0.1) is 0 Å². The number of amides is 1. The number of fused-ring (bicyclic) bond motifs is 1. The smallest absolute Gasteiger partial charge is 0.217 e. The monoisotopic (exact) mass is 321 g/mol. The number of carbonyl (C=O) groups is 1. The molecule has 1 amide bonds. The molecule has 5 heteroatoms. The van der Waals surface area contributed by atoms with E-state index in [1.165, 1.54) is 6.92 Å². The number of aromatic nitrogens is 2. The highest BCUT2D eigenvalue weighted by atomic mass is 79.9. The zero-order valence-corrected chi connectivity index (χ0v) is 12.6. The van der Waals surface area contributed by atoms with Gasteiger partial charge in [0.25, 0.3) is 0 Å².